The summed E-state index contributed by atoms with van der Waals surface area (Å²) in [5, 5.41) is 5.15. The van der Waals surface area contributed by atoms with E-state index in [0.717, 1.165) is 6.26 Å². The van der Waals surface area contributed by atoms with Gasteiger partial charge in [0.25, 0.3) is 5.91 Å². The number of rotatable bonds is 7. The third-order valence-corrected chi connectivity index (χ3v) is 3.52. The van der Waals surface area contributed by atoms with E-state index < -0.39 is 15.7 Å². The fourth-order valence-electron chi connectivity index (χ4n) is 1.56. The highest BCUT2D eigenvalue weighted by Crippen LogP contribution is 2.15. The molecule has 7 nitrogen and oxygen atoms in total. The van der Waals surface area contributed by atoms with Crippen LogP contribution in [-0.4, -0.2) is 45.3 Å². The zero-order chi connectivity index (χ0) is 15.9. The van der Waals surface area contributed by atoms with E-state index in [0.29, 0.717) is 24.3 Å². The first kappa shape index (κ1) is 17.1. The first-order valence-corrected chi connectivity index (χ1v) is 8.44. The number of nitrogens with two attached hydrogens (primary N) is 1. The fraction of sp³-hybridized carbons (Fsp3) is 0.385. The molecule has 1 rings (SSSR count). The monoisotopic (exact) mass is 313 g/mol. The number of benzene rings is 1. The third kappa shape index (κ3) is 6.37. The van der Waals surface area contributed by atoms with Crippen LogP contribution >= 0.6 is 0 Å². The second-order valence-corrected chi connectivity index (χ2v) is 6.78. The number of hydrogen-bond donors (Lipinski definition) is 3. The van der Waals surface area contributed by atoms with Gasteiger partial charge in [0.05, 0.1) is 17.0 Å². The van der Waals surface area contributed by atoms with Crippen molar-refractivity contribution in [3.05, 3.63) is 29.8 Å². The van der Waals surface area contributed by atoms with Crippen LogP contribution in [-0.2, 0) is 14.6 Å². The molecule has 0 aliphatic rings. The average molecular weight is 313 g/mol. The normalized spacial score (nSPS) is 11.0. The van der Waals surface area contributed by atoms with Gasteiger partial charge in [-0.1, -0.05) is 12.1 Å². The highest BCUT2D eigenvalue weighted by atomic mass is 32.2. The Balaban J connectivity index is 2.75. The number of carbonyl (C=O) groups excluding carboxylic acids is 2. The summed E-state index contributed by atoms with van der Waals surface area (Å²) < 4.78 is 22.1. The lowest BCUT2D eigenvalue weighted by Gasteiger charge is -2.11. The van der Waals surface area contributed by atoms with E-state index in [1.54, 1.807) is 24.3 Å². The lowest BCUT2D eigenvalue weighted by molar-refractivity contribution is -0.115. The molecule has 0 unspecified atom stereocenters. The number of para-hydroxylation sites is 1. The van der Waals surface area contributed by atoms with Crippen LogP contribution in [0.25, 0.3) is 0 Å². The topological polar surface area (TPSA) is 118 Å². The van der Waals surface area contributed by atoms with Gasteiger partial charge in [0.2, 0.25) is 5.91 Å². The molecule has 2 amide bonds. The average Bonchev–Trinajstić information content (AvgIpc) is 2.42. The highest BCUT2D eigenvalue weighted by Gasteiger charge is 2.13. The van der Waals surface area contributed by atoms with Crippen LogP contribution in [0.3, 0.4) is 0 Å². The summed E-state index contributed by atoms with van der Waals surface area (Å²) in [6.07, 6.45) is 0.909. The molecule has 0 radical (unpaired) electrons. The summed E-state index contributed by atoms with van der Waals surface area (Å²) in [5.41, 5.74) is 5.96. The zero-order valence-electron chi connectivity index (χ0n) is 11.8. The third-order valence-electron chi connectivity index (χ3n) is 2.58. The molecule has 0 bridgehead atoms. The molecule has 0 aromatic heterocycles. The SMILES string of the molecule is CS(=O)(=O)CCC(=O)Nc1ccccc1C(=O)NCCN. The van der Waals surface area contributed by atoms with Crippen molar-refractivity contribution >= 4 is 27.3 Å². The Morgan fingerprint density at radius 1 is 1.24 bits per heavy atom. The smallest absolute Gasteiger partial charge is 0.253 e. The van der Waals surface area contributed by atoms with E-state index in [2.05, 4.69) is 10.6 Å². The van der Waals surface area contributed by atoms with Gasteiger partial charge in [0.1, 0.15) is 9.84 Å². The summed E-state index contributed by atoms with van der Waals surface area (Å²) >= 11 is 0. The van der Waals surface area contributed by atoms with Gasteiger partial charge in [-0.3, -0.25) is 9.59 Å². The molecule has 0 heterocycles. The van der Waals surface area contributed by atoms with Crippen molar-refractivity contribution in [2.24, 2.45) is 5.73 Å². The number of nitrogens with one attached hydrogen (secondary N) is 2. The van der Waals surface area contributed by atoms with Crippen molar-refractivity contribution in [3.63, 3.8) is 0 Å². The Morgan fingerprint density at radius 3 is 2.52 bits per heavy atom. The van der Waals surface area contributed by atoms with E-state index in [9.17, 15) is 18.0 Å². The number of sulfone groups is 1. The van der Waals surface area contributed by atoms with Gasteiger partial charge >= 0.3 is 0 Å². The van der Waals surface area contributed by atoms with Crippen molar-refractivity contribution in [1.82, 2.24) is 5.32 Å². The Hall–Kier alpha value is -1.93. The van der Waals surface area contributed by atoms with Crippen LogP contribution in [0.15, 0.2) is 24.3 Å². The molecular weight excluding hydrogens is 294 g/mol. The number of anilines is 1. The molecule has 0 saturated heterocycles. The van der Waals surface area contributed by atoms with Crippen LogP contribution in [0.5, 0.6) is 0 Å². The van der Waals surface area contributed by atoms with Crippen LogP contribution in [0, 0.1) is 0 Å². The molecule has 0 saturated carbocycles. The molecular formula is C13H19N3O4S. The Kier molecular flexibility index (Phi) is 6.32. The minimum atomic E-state index is -3.20. The minimum Gasteiger partial charge on any atom is -0.351 e. The molecule has 0 spiro atoms. The predicted molar refractivity (Wildman–Crippen MR) is 80.8 cm³/mol. The Bertz CT molecular complexity index is 614. The van der Waals surface area contributed by atoms with Crippen molar-refractivity contribution in [2.75, 3.05) is 30.4 Å². The molecule has 0 aliphatic heterocycles. The van der Waals surface area contributed by atoms with Gasteiger partial charge in [-0.05, 0) is 12.1 Å². The summed E-state index contributed by atoms with van der Waals surface area (Å²) in [4.78, 5) is 23.6. The molecule has 1 aromatic rings. The van der Waals surface area contributed by atoms with E-state index in [1.165, 1.54) is 0 Å². The summed E-state index contributed by atoms with van der Waals surface area (Å²) in [6, 6.07) is 6.49. The van der Waals surface area contributed by atoms with Crippen molar-refractivity contribution < 1.29 is 18.0 Å². The van der Waals surface area contributed by atoms with E-state index in [4.69, 9.17) is 5.73 Å². The standard InChI is InChI=1S/C13H19N3O4S/c1-21(19,20)9-6-12(17)16-11-5-3-2-4-10(11)13(18)15-8-7-14/h2-5H,6-9,14H2,1H3,(H,15,18)(H,16,17). The maximum absolute atomic E-state index is 11.9. The van der Waals surface area contributed by atoms with Gasteiger partial charge in [0.15, 0.2) is 0 Å². The molecule has 0 atom stereocenters. The molecule has 1 aromatic carbocycles. The van der Waals surface area contributed by atoms with Crippen LogP contribution in [0.1, 0.15) is 16.8 Å². The maximum Gasteiger partial charge on any atom is 0.253 e. The highest BCUT2D eigenvalue weighted by molar-refractivity contribution is 7.90. The van der Waals surface area contributed by atoms with Crippen LogP contribution in [0.4, 0.5) is 5.69 Å². The van der Waals surface area contributed by atoms with Gasteiger partial charge in [-0.25, -0.2) is 8.42 Å². The first-order chi connectivity index (χ1) is 9.83. The van der Waals surface area contributed by atoms with E-state index >= 15 is 0 Å². The van der Waals surface area contributed by atoms with Crippen LogP contribution in [0.2, 0.25) is 0 Å². The van der Waals surface area contributed by atoms with Gasteiger partial charge in [0, 0.05) is 25.8 Å². The van der Waals surface area contributed by atoms with E-state index in [-0.39, 0.29) is 18.1 Å². The molecule has 4 N–H and O–H groups in total. The van der Waals surface area contributed by atoms with Gasteiger partial charge in [-0.2, -0.15) is 0 Å². The van der Waals surface area contributed by atoms with Crippen molar-refractivity contribution in [1.29, 1.82) is 0 Å². The van der Waals surface area contributed by atoms with E-state index in [1.807, 2.05) is 0 Å². The summed E-state index contributed by atoms with van der Waals surface area (Å²) in [7, 11) is -3.20. The largest absolute Gasteiger partial charge is 0.351 e. The van der Waals surface area contributed by atoms with Crippen molar-refractivity contribution in [2.45, 2.75) is 6.42 Å². The molecule has 21 heavy (non-hydrogen) atoms. The summed E-state index contributed by atoms with van der Waals surface area (Å²) in [6.45, 7) is 0.643. The Morgan fingerprint density at radius 2 is 1.90 bits per heavy atom. The molecule has 8 heteroatoms. The number of amides is 2. The first-order valence-electron chi connectivity index (χ1n) is 6.38. The minimum absolute atomic E-state index is 0.155. The second kappa shape index (κ2) is 7.75. The Labute approximate surface area is 123 Å². The summed E-state index contributed by atoms with van der Waals surface area (Å²) in [5.74, 6) is -1.04. The second-order valence-electron chi connectivity index (χ2n) is 4.52. The number of carbonyl (C=O) groups is 2. The predicted octanol–water partition coefficient (Wildman–Crippen LogP) is -0.252. The van der Waals surface area contributed by atoms with Crippen molar-refractivity contribution in [3.8, 4) is 0 Å². The molecule has 0 fully saturated rings. The lowest BCUT2D eigenvalue weighted by atomic mass is 10.1. The fourth-order valence-corrected chi connectivity index (χ4v) is 2.12. The zero-order valence-corrected chi connectivity index (χ0v) is 12.6. The van der Waals surface area contributed by atoms with Crippen LogP contribution < -0.4 is 16.4 Å². The quantitative estimate of drug-likeness (QED) is 0.641. The van der Waals surface area contributed by atoms with Gasteiger partial charge in [-0.15, -0.1) is 0 Å². The molecule has 116 valence electrons. The molecule has 0 aliphatic carbocycles. The maximum atomic E-state index is 11.9. The number of hydrogen-bond acceptors (Lipinski definition) is 5. The van der Waals surface area contributed by atoms with Gasteiger partial charge < -0.3 is 16.4 Å². The lowest BCUT2D eigenvalue weighted by Crippen LogP contribution is -2.30.